The van der Waals surface area contributed by atoms with Gasteiger partial charge in [0.1, 0.15) is 5.69 Å². The van der Waals surface area contributed by atoms with Crippen molar-refractivity contribution in [3.63, 3.8) is 0 Å². The van der Waals surface area contributed by atoms with Gasteiger partial charge in [-0.2, -0.15) is 5.26 Å². The van der Waals surface area contributed by atoms with Crippen molar-refractivity contribution in [2.75, 3.05) is 6.54 Å². The molecule has 0 aliphatic rings. The number of nitriles is 1. The molecule has 19 heavy (non-hydrogen) atoms. The summed E-state index contributed by atoms with van der Waals surface area (Å²) in [6.07, 6.45) is 2.38. The van der Waals surface area contributed by atoms with Crippen molar-refractivity contribution >= 4 is 16.9 Å². The van der Waals surface area contributed by atoms with E-state index in [1.54, 1.807) is 0 Å². The van der Waals surface area contributed by atoms with E-state index in [1.165, 1.54) is 0 Å². The summed E-state index contributed by atoms with van der Waals surface area (Å²) in [4.78, 5) is 11.7. The maximum absolute atomic E-state index is 11.7. The predicted octanol–water partition coefficient (Wildman–Crippen LogP) is 2.18. The first-order valence-corrected chi connectivity index (χ1v) is 6.28. The molecule has 5 nitrogen and oxygen atoms in total. The first kappa shape index (κ1) is 13.1. The first-order valence-electron chi connectivity index (χ1n) is 6.28. The summed E-state index contributed by atoms with van der Waals surface area (Å²) >= 11 is 0. The van der Waals surface area contributed by atoms with Crippen molar-refractivity contribution < 1.29 is 9.32 Å². The lowest BCUT2D eigenvalue weighted by Gasteiger charge is -2.02. The standard InChI is InChI=1S/C14H15N3O2/c15-8-4-1-5-9-16-14(18)10-12-11-6-2-3-7-13(11)19-17-12/h2-3,6-7H,1,4-5,9-10H2,(H,16,18). The van der Waals surface area contributed by atoms with Crippen molar-refractivity contribution in [3.05, 3.63) is 30.0 Å². The molecule has 0 saturated heterocycles. The summed E-state index contributed by atoms with van der Waals surface area (Å²) in [6, 6.07) is 9.55. The number of nitrogens with zero attached hydrogens (tertiary/aromatic N) is 2. The lowest BCUT2D eigenvalue weighted by atomic mass is 10.1. The lowest BCUT2D eigenvalue weighted by Crippen LogP contribution is -2.26. The highest BCUT2D eigenvalue weighted by atomic mass is 16.5. The molecule has 0 aliphatic heterocycles. The molecule has 1 heterocycles. The number of amides is 1. The van der Waals surface area contributed by atoms with Crippen LogP contribution in [-0.4, -0.2) is 17.6 Å². The molecule has 1 amide bonds. The molecule has 5 heteroatoms. The average molecular weight is 257 g/mol. The van der Waals surface area contributed by atoms with E-state index in [1.807, 2.05) is 24.3 Å². The van der Waals surface area contributed by atoms with Crippen LogP contribution in [0.25, 0.3) is 11.0 Å². The van der Waals surface area contributed by atoms with Crippen LogP contribution in [0.15, 0.2) is 28.8 Å². The van der Waals surface area contributed by atoms with Crippen LogP contribution in [0.2, 0.25) is 0 Å². The molecule has 0 radical (unpaired) electrons. The Morgan fingerprint density at radius 3 is 3.05 bits per heavy atom. The van der Waals surface area contributed by atoms with Gasteiger partial charge in [0.2, 0.25) is 5.91 Å². The number of fused-ring (bicyclic) bond motifs is 1. The number of carbonyl (C=O) groups is 1. The molecule has 0 spiro atoms. The molecular formula is C14H15N3O2. The van der Waals surface area contributed by atoms with Crippen molar-refractivity contribution in [2.24, 2.45) is 0 Å². The van der Waals surface area contributed by atoms with Gasteiger partial charge in [-0.3, -0.25) is 4.79 Å². The molecule has 0 unspecified atom stereocenters. The third-order valence-corrected chi connectivity index (χ3v) is 2.82. The largest absolute Gasteiger partial charge is 0.356 e. The van der Waals surface area contributed by atoms with Gasteiger partial charge in [-0.25, -0.2) is 0 Å². The molecule has 0 saturated carbocycles. The minimum Gasteiger partial charge on any atom is -0.356 e. The normalized spacial score (nSPS) is 10.3. The summed E-state index contributed by atoms with van der Waals surface area (Å²) < 4.78 is 5.14. The highest BCUT2D eigenvalue weighted by Crippen LogP contribution is 2.17. The summed E-state index contributed by atoms with van der Waals surface area (Å²) in [7, 11) is 0. The highest BCUT2D eigenvalue weighted by molar-refractivity contribution is 5.86. The van der Waals surface area contributed by atoms with E-state index >= 15 is 0 Å². The van der Waals surface area contributed by atoms with Crippen LogP contribution in [0.1, 0.15) is 25.0 Å². The molecule has 2 rings (SSSR count). The van der Waals surface area contributed by atoms with E-state index in [4.69, 9.17) is 9.78 Å². The molecule has 0 bridgehead atoms. The number of benzene rings is 1. The fraction of sp³-hybridized carbons (Fsp3) is 0.357. The van der Waals surface area contributed by atoms with Crippen LogP contribution in [0.5, 0.6) is 0 Å². The summed E-state index contributed by atoms with van der Waals surface area (Å²) in [5.74, 6) is -0.0731. The molecule has 1 aromatic carbocycles. The smallest absolute Gasteiger partial charge is 0.226 e. The van der Waals surface area contributed by atoms with E-state index in [0.717, 1.165) is 18.2 Å². The van der Waals surface area contributed by atoms with Gasteiger partial charge in [0.25, 0.3) is 0 Å². The average Bonchev–Trinajstić information content (AvgIpc) is 2.82. The highest BCUT2D eigenvalue weighted by Gasteiger charge is 2.11. The zero-order valence-electron chi connectivity index (χ0n) is 10.6. The Bertz CT molecular complexity index is 598. The van der Waals surface area contributed by atoms with Crippen molar-refractivity contribution in [3.8, 4) is 6.07 Å². The van der Waals surface area contributed by atoms with Gasteiger partial charge in [0, 0.05) is 18.4 Å². The fourth-order valence-electron chi connectivity index (χ4n) is 1.84. The molecular weight excluding hydrogens is 242 g/mol. The maximum Gasteiger partial charge on any atom is 0.226 e. The van der Waals surface area contributed by atoms with Gasteiger partial charge in [-0.15, -0.1) is 0 Å². The Kier molecular flexibility index (Phi) is 4.51. The van der Waals surface area contributed by atoms with E-state index in [-0.39, 0.29) is 12.3 Å². The summed E-state index contributed by atoms with van der Waals surface area (Å²) in [5.41, 5.74) is 1.35. The SMILES string of the molecule is N#CCCCCNC(=O)Cc1noc2ccccc12. The van der Waals surface area contributed by atoms with E-state index in [9.17, 15) is 4.79 Å². The number of nitrogens with one attached hydrogen (secondary N) is 1. The van der Waals surface area contributed by atoms with Crippen LogP contribution >= 0.6 is 0 Å². The lowest BCUT2D eigenvalue weighted by molar-refractivity contribution is -0.120. The number of hydrogen-bond donors (Lipinski definition) is 1. The number of rotatable bonds is 6. The second-order valence-corrected chi connectivity index (χ2v) is 4.27. The summed E-state index contributed by atoms with van der Waals surface area (Å²) in [5, 5.41) is 16.0. The Morgan fingerprint density at radius 1 is 1.37 bits per heavy atom. The van der Waals surface area contributed by atoms with E-state index in [2.05, 4.69) is 16.5 Å². The number of carbonyl (C=O) groups excluding carboxylic acids is 1. The van der Waals surface area contributed by atoms with Gasteiger partial charge in [0.15, 0.2) is 5.58 Å². The molecule has 0 fully saturated rings. The predicted molar refractivity (Wildman–Crippen MR) is 70.2 cm³/mol. The van der Waals surface area contributed by atoms with Crippen LogP contribution in [0, 0.1) is 11.3 Å². The van der Waals surface area contributed by atoms with Crippen molar-refractivity contribution in [1.82, 2.24) is 10.5 Å². The van der Waals surface area contributed by atoms with Gasteiger partial charge in [-0.05, 0) is 25.0 Å². The second kappa shape index (κ2) is 6.55. The van der Waals surface area contributed by atoms with E-state index in [0.29, 0.717) is 24.2 Å². The minimum absolute atomic E-state index is 0.0731. The zero-order valence-corrected chi connectivity index (χ0v) is 10.6. The molecule has 2 aromatic rings. The Hall–Kier alpha value is -2.35. The van der Waals surface area contributed by atoms with Gasteiger partial charge >= 0.3 is 0 Å². The number of hydrogen-bond acceptors (Lipinski definition) is 4. The number of aromatic nitrogens is 1. The minimum atomic E-state index is -0.0731. The third kappa shape index (κ3) is 3.55. The zero-order chi connectivity index (χ0) is 13.5. The maximum atomic E-state index is 11.7. The molecule has 1 N–H and O–H groups in total. The quantitative estimate of drug-likeness (QED) is 0.804. The monoisotopic (exact) mass is 257 g/mol. The molecule has 98 valence electrons. The van der Waals surface area contributed by atoms with Crippen molar-refractivity contribution in [1.29, 1.82) is 5.26 Å². The first-order chi connectivity index (χ1) is 9.31. The molecule has 0 atom stereocenters. The van der Waals surface area contributed by atoms with Crippen LogP contribution < -0.4 is 5.32 Å². The second-order valence-electron chi connectivity index (χ2n) is 4.27. The molecule has 1 aromatic heterocycles. The Morgan fingerprint density at radius 2 is 2.21 bits per heavy atom. The topological polar surface area (TPSA) is 78.9 Å². The van der Waals surface area contributed by atoms with Gasteiger partial charge in [-0.1, -0.05) is 17.3 Å². The molecule has 0 aliphatic carbocycles. The van der Waals surface area contributed by atoms with Crippen LogP contribution in [0.3, 0.4) is 0 Å². The Labute approximate surface area is 111 Å². The van der Waals surface area contributed by atoms with Crippen LogP contribution in [0.4, 0.5) is 0 Å². The van der Waals surface area contributed by atoms with E-state index < -0.39 is 0 Å². The fourth-order valence-corrected chi connectivity index (χ4v) is 1.84. The Balaban J connectivity index is 1.84. The third-order valence-electron chi connectivity index (χ3n) is 2.82. The number of unbranched alkanes of at least 4 members (excludes halogenated alkanes) is 2. The van der Waals surface area contributed by atoms with Gasteiger partial charge in [0.05, 0.1) is 12.5 Å². The van der Waals surface area contributed by atoms with Crippen LogP contribution in [-0.2, 0) is 11.2 Å². The number of para-hydroxylation sites is 1. The summed E-state index contributed by atoms with van der Waals surface area (Å²) in [6.45, 7) is 0.594. The van der Waals surface area contributed by atoms with Crippen molar-refractivity contribution in [2.45, 2.75) is 25.7 Å². The van der Waals surface area contributed by atoms with Gasteiger partial charge < -0.3 is 9.84 Å².